The molecule has 2 aromatic rings. The maximum Gasteiger partial charge on any atom is 0.125 e. The fourth-order valence-corrected chi connectivity index (χ4v) is 2.80. The van der Waals surface area contributed by atoms with E-state index in [4.69, 9.17) is 17.3 Å². The summed E-state index contributed by atoms with van der Waals surface area (Å²) in [6.07, 6.45) is 1.76. The van der Waals surface area contributed by atoms with E-state index < -0.39 is 0 Å². The monoisotopic (exact) mass is 288 g/mol. The van der Waals surface area contributed by atoms with Crippen molar-refractivity contribution in [2.45, 2.75) is 0 Å². The van der Waals surface area contributed by atoms with Crippen molar-refractivity contribution in [2.24, 2.45) is 0 Å². The molecule has 0 unspecified atom stereocenters. The van der Waals surface area contributed by atoms with Gasteiger partial charge >= 0.3 is 0 Å². The molecular formula is C15H17ClN4. The molecule has 1 fully saturated rings. The second kappa shape index (κ2) is 5.59. The van der Waals surface area contributed by atoms with Crippen molar-refractivity contribution in [1.82, 2.24) is 4.98 Å². The van der Waals surface area contributed by atoms with Crippen LogP contribution >= 0.6 is 11.6 Å². The largest absolute Gasteiger partial charge is 0.384 e. The Kier molecular flexibility index (Phi) is 3.65. The van der Waals surface area contributed by atoms with E-state index in [0.717, 1.165) is 42.6 Å². The number of hydrogen-bond acceptors (Lipinski definition) is 4. The lowest BCUT2D eigenvalue weighted by Crippen LogP contribution is -2.46. The first kappa shape index (κ1) is 13.1. The van der Waals surface area contributed by atoms with Gasteiger partial charge in [0.25, 0.3) is 0 Å². The summed E-state index contributed by atoms with van der Waals surface area (Å²) in [6, 6.07) is 11.9. The minimum atomic E-state index is 0.566. The van der Waals surface area contributed by atoms with Crippen LogP contribution in [0.4, 0.5) is 17.2 Å². The zero-order chi connectivity index (χ0) is 13.9. The molecule has 0 atom stereocenters. The SMILES string of the molecule is Nc1cc(N2CCN(c3ccccc3Cl)CC2)ccn1. The second-order valence-electron chi connectivity index (χ2n) is 4.86. The van der Waals surface area contributed by atoms with Gasteiger partial charge in [-0.1, -0.05) is 23.7 Å². The average molecular weight is 289 g/mol. The topological polar surface area (TPSA) is 45.4 Å². The molecular weight excluding hydrogens is 272 g/mol. The van der Waals surface area contributed by atoms with Crippen molar-refractivity contribution in [3.63, 3.8) is 0 Å². The van der Waals surface area contributed by atoms with Crippen molar-refractivity contribution < 1.29 is 0 Å². The first-order valence-corrected chi connectivity index (χ1v) is 7.08. The third kappa shape index (κ3) is 2.65. The van der Waals surface area contributed by atoms with Gasteiger partial charge in [-0.3, -0.25) is 0 Å². The fourth-order valence-electron chi connectivity index (χ4n) is 2.55. The number of rotatable bonds is 2. The first-order chi connectivity index (χ1) is 9.74. The maximum absolute atomic E-state index is 6.25. The van der Waals surface area contributed by atoms with Gasteiger partial charge in [-0.2, -0.15) is 0 Å². The molecule has 0 spiro atoms. The van der Waals surface area contributed by atoms with E-state index in [0.29, 0.717) is 5.82 Å². The van der Waals surface area contributed by atoms with Crippen LogP contribution < -0.4 is 15.5 Å². The molecule has 5 heteroatoms. The molecule has 4 nitrogen and oxygen atoms in total. The van der Waals surface area contributed by atoms with Gasteiger partial charge in [0.2, 0.25) is 0 Å². The van der Waals surface area contributed by atoms with Gasteiger partial charge in [-0.25, -0.2) is 4.98 Å². The van der Waals surface area contributed by atoms with E-state index in [2.05, 4.69) is 20.9 Å². The van der Waals surface area contributed by atoms with Crippen LogP contribution in [0.2, 0.25) is 5.02 Å². The molecule has 0 bridgehead atoms. The number of pyridine rings is 1. The van der Waals surface area contributed by atoms with E-state index in [-0.39, 0.29) is 0 Å². The van der Waals surface area contributed by atoms with Crippen LogP contribution in [0.15, 0.2) is 42.6 Å². The van der Waals surface area contributed by atoms with Crippen LogP contribution in [0.1, 0.15) is 0 Å². The summed E-state index contributed by atoms with van der Waals surface area (Å²) < 4.78 is 0. The number of para-hydroxylation sites is 1. The maximum atomic E-state index is 6.25. The van der Waals surface area contributed by atoms with Crippen molar-refractivity contribution in [3.8, 4) is 0 Å². The molecule has 104 valence electrons. The van der Waals surface area contributed by atoms with Crippen molar-refractivity contribution in [3.05, 3.63) is 47.6 Å². The Bertz CT molecular complexity index is 594. The molecule has 1 aromatic carbocycles. The Morgan fingerprint density at radius 3 is 2.40 bits per heavy atom. The summed E-state index contributed by atoms with van der Waals surface area (Å²) in [5.41, 5.74) is 7.99. The van der Waals surface area contributed by atoms with Gasteiger partial charge < -0.3 is 15.5 Å². The second-order valence-corrected chi connectivity index (χ2v) is 5.27. The van der Waals surface area contributed by atoms with E-state index in [9.17, 15) is 0 Å². The molecule has 3 rings (SSSR count). The number of anilines is 3. The molecule has 1 aliphatic heterocycles. The minimum Gasteiger partial charge on any atom is -0.384 e. The molecule has 1 aromatic heterocycles. The van der Waals surface area contributed by atoms with Crippen LogP contribution in [-0.4, -0.2) is 31.2 Å². The zero-order valence-electron chi connectivity index (χ0n) is 11.2. The number of benzene rings is 1. The van der Waals surface area contributed by atoms with Gasteiger partial charge in [0.1, 0.15) is 5.82 Å². The summed E-state index contributed by atoms with van der Waals surface area (Å²) in [5, 5.41) is 0.814. The minimum absolute atomic E-state index is 0.566. The number of nitrogens with zero attached hydrogens (tertiary/aromatic N) is 3. The molecule has 0 saturated carbocycles. The third-order valence-corrected chi connectivity index (χ3v) is 3.92. The summed E-state index contributed by atoms with van der Waals surface area (Å²) in [6.45, 7) is 3.81. The summed E-state index contributed by atoms with van der Waals surface area (Å²) in [4.78, 5) is 8.68. The van der Waals surface area contributed by atoms with Gasteiger partial charge in [-0.05, 0) is 18.2 Å². The highest BCUT2D eigenvalue weighted by Crippen LogP contribution is 2.27. The smallest absolute Gasteiger partial charge is 0.125 e. The number of piperazine rings is 1. The Balaban J connectivity index is 1.70. The Hall–Kier alpha value is -1.94. The summed E-state index contributed by atoms with van der Waals surface area (Å²) in [5.74, 6) is 0.566. The molecule has 2 N–H and O–H groups in total. The average Bonchev–Trinajstić information content (AvgIpc) is 2.48. The van der Waals surface area contributed by atoms with Gasteiger partial charge in [0, 0.05) is 44.1 Å². The Labute approximate surface area is 123 Å². The molecule has 0 aliphatic carbocycles. The van der Waals surface area contributed by atoms with Crippen LogP contribution in [-0.2, 0) is 0 Å². The van der Waals surface area contributed by atoms with Crippen molar-refractivity contribution >= 4 is 28.8 Å². The number of nitrogen functional groups attached to an aromatic ring is 1. The zero-order valence-corrected chi connectivity index (χ0v) is 11.9. The highest BCUT2D eigenvalue weighted by atomic mass is 35.5. The van der Waals surface area contributed by atoms with Crippen molar-refractivity contribution in [2.75, 3.05) is 41.7 Å². The van der Waals surface area contributed by atoms with Gasteiger partial charge in [-0.15, -0.1) is 0 Å². The summed E-state index contributed by atoms with van der Waals surface area (Å²) >= 11 is 6.25. The van der Waals surface area contributed by atoms with Crippen LogP contribution in [0, 0.1) is 0 Å². The first-order valence-electron chi connectivity index (χ1n) is 6.70. The van der Waals surface area contributed by atoms with Crippen molar-refractivity contribution in [1.29, 1.82) is 0 Å². The lowest BCUT2D eigenvalue weighted by molar-refractivity contribution is 0.653. The van der Waals surface area contributed by atoms with Gasteiger partial charge in [0.05, 0.1) is 10.7 Å². The number of aromatic nitrogens is 1. The number of nitrogens with two attached hydrogens (primary N) is 1. The van der Waals surface area contributed by atoms with Crippen LogP contribution in [0.5, 0.6) is 0 Å². The standard InChI is InChI=1S/C15H17ClN4/c16-13-3-1-2-4-14(13)20-9-7-19(8-10-20)12-5-6-18-15(17)11-12/h1-6,11H,7-10H2,(H2,17,18). The number of hydrogen-bond donors (Lipinski definition) is 1. The normalized spacial score (nSPS) is 15.4. The Morgan fingerprint density at radius 2 is 1.70 bits per heavy atom. The highest BCUT2D eigenvalue weighted by molar-refractivity contribution is 6.33. The van der Waals surface area contributed by atoms with Crippen LogP contribution in [0.3, 0.4) is 0 Å². The molecule has 1 saturated heterocycles. The highest BCUT2D eigenvalue weighted by Gasteiger charge is 2.19. The van der Waals surface area contributed by atoms with E-state index >= 15 is 0 Å². The number of halogens is 1. The molecule has 0 radical (unpaired) electrons. The molecule has 2 heterocycles. The van der Waals surface area contributed by atoms with E-state index in [1.54, 1.807) is 6.20 Å². The third-order valence-electron chi connectivity index (χ3n) is 3.60. The van der Waals surface area contributed by atoms with E-state index in [1.807, 2.05) is 30.3 Å². The quantitative estimate of drug-likeness (QED) is 0.923. The van der Waals surface area contributed by atoms with Gasteiger partial charge in [0.15, 0.2) is 0 Å². The molecule has 0 amide bonds. The predicted octanol–water partition coefficient (Wildman–Crippen LogP) is 2.64. The van der Waals surface area contributed by atoms with Crippen LogP contribution in [0.25, 0.3) is 0 Å². The summed E-state index contributed by atoms with van der Waals surface area (Å²) in [7, 11) is 0. The van der Waals surface area contributed by atoms with E-state index in [1.165, 1.54) is 0 Å². The molecule has 20 heavy (non-hydrogen) atoms. The lowest BCUT2D eigenvalue weighted by atomic mass is 10.2. The molecule has 1 aliphatic rings. The fraction of sp³-hybridized carbons (Fsp3) is 0.267. The lowest BCUT2D eigenvalue weighted by Gasteiger charge is -2.37. The predicted molar refractivity (Wildman–Crippen MR) is 84.5 cm³/mol. The Morgan fingerprint density at radius 1 is 1.00 bits per heavy atom.